The minimum absolute atomic E-state index is 0.149. The molecular formula is C18H16O2. The van der Waals surface area contributed by atoms with Crippen LogP contribution in [-0.4, -0.2) is 12.9 Å². The molecule has 0 unspecified atom stereocenters. The molecule has 0 N–H and O–H groups in total. The summed E-state index contributed by atoms with van der Waals surface area (Å²) in [6.07, 6.45) is 3.44. The van der Waals surface area contributed by atoms with E-state index in [4.69, 9.17) is 4.74 Å². The molecule has 0 bridgehead atoms. The summed E-state index contributed by atoms with van der Waals surface area (Å²) >= 11 is 0. The highest BCUT2D eigenvalue weighted by Gasteiger charge is 2.20. The van der Waals surface area contributed by atoms with Crippen LogP contribution >= 0.6 is 0 Å². The molecule has 0 saturated carbocycles. The van der Waals surface area contributed by atoms with Crippen LogP contribution in [-0.2, 0) is 6.42 Å². The van der Waals surface area contributed by atoms with E-state index in [1.165, 1.54) is 5.56 Å². The Balaban J connectivity index is 1.87. The molecule has 20 heavy (non-hydrogen) atoms. The summed E-state index contributed by atoms with van der Waals surface area (Å²) in [6.45, 7) is 0. The van der Waals surface area contributed by atoms with Gasteiger partial charge in [0.2, 0.25) is 0 Å². The fraction of sp³-hybridized carbons (Fsp3) is 0.167. The lowest BCUT2D eigenvalue weighted by atomic mass is 9.97. The molecule has 3 rings (SSSR count). The van der Waals surface area contributed by atoms with Crippen LogP contribution in [0.1, 0.15) is 27.9 Å². The molecule has 1 aliphatic carbocycles. The zero-order valence-corrected chi connectivity index (χ0v) is 11.4. The molecule has 0 fully saturated rings. The van der Waals surface area contributed by atoms with Gasteiger partial charge < -0.3 is 4.74 Å². The maximum atomic E-state index is 12.3. The van der Waals surface area contributed by atoms with E-state index in [9.17, 15) is 4.79 Å². The molecule has 0 saturated heterocycles. The van der Waals surface area contributed by atoms with E-state index in [1.54, 1.807) is 7.11 Å². The smallest absolute Gasteiger partial charge is 0.167 e. The number of carbonyl (C=O) groups excluding carboxylic acids is 1. The second-order valence-electron chi connectivity index (χ2n) is 4.89. The number of Topliss-reactive ketones (excluding diaryl/α,β-unsaturated/α-hetero) is 1. The minimum Gasteiger partial charge on any atom is -0.496 e. The van der Waals surface area contributed by atoms with Gasteiger partial charge in [-0.3, -0.25) is 4.79 Å². The standard InChI is InChI=1S/C18H16O2/c1-20-17-9-5-8-14-10-11-15(18(14)17)12-16(19)13-6-3-2-4-7-13/h2-9,11H,10,12H2,1H3. The molecule has 0 spiro atoms. The van der Waals surface area contributed by atoms with Gasteiger partial charge in [-0.15, -0.1) is 0 Å². The van der Waals surface area contributed by atoms with Gasteiger partial charge in [0.1, 0.15) is 5.75 Å². The highest BCUT2D eigenvalue weighted by molar-refractivity contribution is 6.03. The number of benzene rings is 2. The van der Waals surface area contributed by atoms with Gasteiger partial charge in [0.05, 0.1) is 7.11 Å². The van der Waals surface area contributed by atoms with Crippen molar-refractivity contribution in [3.05, 3.63) is 71.3 Å². The number of ether oxygens (including phenoxy) is 1. The first-order valence-electron chi connectivity index (χ1n) is 6.73. The quantitative estimate of drug-likeness (QED) is 0.783. The van der Waals surface area contributed by atoms with Gasteiger partial charge in [-0.2, -0.15) is 0 Å². The Morgan fingerprint density at radius 2 is 1.90 bits per heavy atom. The predicted octanol–water partition coefficient (Wildman–Crippen LogP) is 3.91. The first-order chi connectivity index (χ1) is 9.79. The van der Waals surface area contributed by atoms with Crippen LogP contribution in [0.3, 0.4) is 0 Å². The number of rotatable bonds is 4. The van der Waals surface area contributed by atoms with E-state index in [0.717, 1.165) is 28.9 Å². The van der Waals surface area contributed by atoms with Crippen molar-refractivity contribution < 1.29 is 9.53 Å². The third kappa shape index (κ3) is 2.25. The highest BCUT2D eigenvalue weighted by Crippen LogP contribution is 2.37. The molecule has 1 aliphatic rings. The molecule has 2 heteroatoms. The molecule has 2 aromatic carbocycles. The number of allylic oxidation sites excluding steroid dienone is 2. The summed E-state index contributed by atoms with van der Waals surface area (Å²) in [5.74, 6) is 1.00. The van der Waals surface area contributed by atoms with Crippen molar-refractivity contribution in [3.63, 3.8) is 0 Å². The monoisotopic (exact) mass is 264 g/mol. The Morgan fingerprint density at radius 1 is 1.10 bits per heavy atom. The maximum absolute atomic E-state index is 12.3. The number of hydrogen-bond donors (Lipinski definition) is 0. The Labute approximate surface area is 118 Å². The first kappa shape index (κ1) is 12.7. The van der Waals surface area contributed by atoms with Crippen LogP contribution in [0.25, 0.3) is 5.57 Å². The van der Waals surface area contributed by atoms with Crippen molar-refractivity contribution in [2.24, 2.45) is 0 Å². The van der Waals surface area contributed by atoms with Crippen LogP contribution in [0.5, 0.6) is 5.75 Å². The van der Waals surface area contributed by atoms with Gasteiger partial charge in [-0.1, -0.05) is 48.5 Å². The number of carbonyl (C=O) groups is 1. The average Bonchev–Trinajstić information content (AvgIpc) is 2.91. The van der Waals surface area contributed by atoms with Gasteiger partial charge in [0.25, 0.3) is 0 Å². The van der Waals surface area contributed by atoms with E-state index in [-0.39, 0.29) is 5.78 Å². The van der Waals surface area contributed by atoms with Crippen molar-refractivity contribution >= 4 is 11.4 Å². The van der Waals surface area contributed by atoms with Gasteiger partial charge in [0.15, 0.2) is 5.78 Å². The molecule has 0 heterocycles. The van der Waals surface area contributed by atoms with Crippen LogP contribution in [0, 0.1) is 0 Å². The molecule has 0 aromatic heterocycles. The molecular weight excluding hydrogens is 248 g/mol. The summed E-state index contributed by atoms with van der Waals surface area (Å²) in [5.41, 5.74) is 4.17. The van der Waals surface area contributed by atoms with Crippen molar-refractivity contribution in [2.75, 3.05) is 7.11 Å². The van der Waals surface area contributed by atoms with Crippen molar-refractivity contribution in [1.82, 2.24) is 0 Å². The van der Waals surface area contributed by atoms with Gasteiger partial charge in [-0.25, -0.2) is 0 Å². The van der Waals surface area contributed by atoms with Gasteiger partial charge in [0, 0.05) is 17.5 Å². The predicted molar refractivity (Wildman–Crippen MR) is 80.1 cm³/mol. The van der Waals surface area contributed by atoms with Gasteiger partial charge in [-0.05, 0) is 23.6 Å². The van der Waals surface area contributed by atoms with E-state index >= 15 is 0 Å². The van der Waals surface area contributed by atoms with Crippen LogP contribution in [0.4, 0.5) is 0 Å². The molecule has 100 valence electrons. The van der Waals surface area contributed by atoms with Crippen molar-refractivity contribution in [3.8, 4) is 5.75 Å². The third-order valence-corrected chi connectivity index (χ3v) is 3.67. The number of fused-ring (bicyclic) bond motifs is 1. The SMILES string of the molecule is COc1cccc2c1C(CC(=O)c1ccccc1)=CC2. The van der Waals surface area contributed by atoms with Crippen molar-refractivity contribution in [2.45, 2.75) is 12.8 Å². The van der Waals surface area contributed by atoms with E-state index in [0.29, 0.717) is 6.42 Å². The summed E-state index contributed by atoms with van der Waals surface area (Å²) in [4.78, 5) is 12.3. The minimum atomic E-state index is 0.149. The van der Waals surface area contributed by atoms with Crippen LogP contribution in [0.2, 0.25) is 0 Å². The molecule has 2 aromatic rings. The lowest BCUT2D eigenvalue weighted by Gasteiger charge is -2.10. The van der Waals surface area contributed by atoms with Crippen molar-refractivity contribution in [1.29, 1.82) is 0 Å². The second-order valence-corrected chi connectivity index (χ2v) is 4.89. The topological polar surface area (TPSA) is 26.3 Å². The molecule has 2 nitrogen and oxygen atoms in total. The molecule has 0 radical (unpaired) electrons. The normalized spacial score (nSPS) is 12.8. The number of hydrogen-bond acceptors (Lipinski definition) is 2. The Bertz CT molecular complexity index is 669. The first-order valence-corrected chi connectivity index (χ1v) is 6.73. The third-order valence-electron chi connectivity index (χ3n) is 3.67. The fourth-order valence-corrected chi connectivity index (χ4v) is 2.68. The lowest BCUT2D eigenvalue weighted by molar-refractivity contribution is 0.0998. The number of ketones is 1. The Hall–Kier alpha value is -2.35. The molecule has 0 atom stereocenters. The fourth-order valence-electron chi connectivity index (χ4n) is 2.68. The summed E-state index contributed by atoms with van der Waals surface area (Å²) in [7, 11) is 1.67. The zero-order chi connectivity index (χ0) is 13.9. The molecule has 0 amide bonds. The van der Waals surface area contributed by atoms with E-state index in [1.807, 2.05) is 42.5 Å². The second kappa shape index (κ2) is 5.33. The van der Waals surface area contributed by atoms with E-state index in [2.05, 4.69) is 12.1 Å². The Morgan fingerprint density at radius 3 is 2.65 bits per heavy atom. The maximum Gasteiger partial charge on any atom is 0.167 e. The van der Waals surface area contributed by atoms with Gasteiger partial charge >= 0.3 is 0 Å². The lowest BCUT2D eigenvalue weighted by Crippen LogP contribution is -2.01. The zero-order valence-electron chi connectivity index (χ0n) is 11.4. The summed E-state index contributed by atoms with van der Waals surface area (Å²) in [6, 6.07) is 15.5. The largest absolute Gasteiger partial charge is 0.496 e. The van der Waals surface area contributed by atoms with Crippen LogP contribution < -0.4 is 4.74 Å². The molecule has 0 aliphatic heterocycles. The summed E-state index contributed by atoms with van der Waals surface area (Å²) in [5, 5.41) is 0. The Kier molecular flexibility index (Phi) is 3.38. The summed E-state index contributed by atoms with van der Waals surface area (Å²) < 4.78 is 5.42. The highest BCUT2D eigenvalue weighted by atomic mass is 16.5. The number of methoxy groups -OCH3 is 1. The van der Waals surface area contributed by atoms with E-state index < -0.39 is 0 Å². The average molecular weight is 264 g/mol. The van der Waals surface area contributed by atoms with Crippen LogP contribution in [0.15, 0.2) is 54.6 Å².